The fraction of sp³-hybridized carbons (Fsp3) is 0.308. The summed E-state index contributed by atoms with van der Waals surface area (Å²) in [5, 5.41) is 11.6. The van der Waals surface area contributed by atoms with Crippen molar-refractivity contribution in [1.29, 1.82) is 0 Å². The summed E-state index contributed by atoms with van der Waals surface area (Å²) in [5.74, 6) is -1.15. The number of imidazole rings is 1. The van der Waals surface area contributed by atoms with Gasteiger partial charge in [0.05, 0.1) is 28.6 Å². The van der Waals surface area contributed by atoms with Crippen molar-refractivity contribution in [2.45, 2.75) is 26.4 Å². The van der Waals surface area contributed by atoms with Crippen LogP contribution >= 0.6 is 0 Å². The molecule has 0 atom stereocenters. The molecule has 1 aromatic carbocycles. The molecule has 0 bridgehead atoms. The summed E-state index contributed by atoms with van der Waals surface area (Å²) in [6, 6.07) is 2.90. The van der Waals surface area contributed by atoms with Crippen molar-refractivity contribution in [2.75, 3.05) is 5.32 Å². The molecule has 0 saturated heterocycles. The van der Waals surface area contributed by atoms with Gasteiger partial charge in [-0.25, -0.2) is 14.6 Å². The number of hydrogen-bond donors (Lipinski definition) is 3. The molecule has 1 aromatic heterocycles. The first-order valence-electron chi connectivity index (χ1n) is 5.97. The Morgan fingerprint density at radius 3 is 2.65 bits per heavy atom. The van der Waals surface area contributed by atoms with Gasteiger partial charge in [-0.05, 0) is 32.9 Å². The summed E-state index contributed by atoms with van der Waals surface area (Å²) >= 11 is 0. The van der Waals surface area contributed by atoms with E-state index in [1.807, 2.05) is 0 Å². The zero-order valence-electron chi connectivity index (χ0n) is 11.4. The van der Waals surface area contributed by atoms with Crippen molar-refractivity contribution < 1.29 is 19.4 Å². The monoisotopic (exact) mass is 277 g/mol. The number of hydrogen-bond acceptors (Lipinski definition) is 4. The van der Waals surface area contributed by atoms with Crippen molar-refractivity contribution in [3.8, 4) is 0 Å². The number of aromatic amines is 1. The highest BCUT2D eigenvalue weighted by Crippen LogP contribution is 2.23. The summed E-state index contributed by atoms with van der Waals surface area (Å²) in [6.45, 7) is 5.17. The Morgan fingerprint density at radius 1 is 1.35 bits per heavy atom. The Bertz CT molecular complexity index is 670. The highest BCUT2D eigenvalue weighted by molar-refractivity contribution is 6.02. The van der Waals surface area contributed by atoms with Crippen molar-refractivity contribution >= 4 is 28.8 Å². The van der Waals surface area contributed by atoms with Gasteiger partial charge in [0, 0.05) is 0 Å². The lowest BCUT2D eigenvalue weighted by atomic mass is 10.1. The van der Waals surface area contributed by atoms with E-state index in [2.05, 4.69) is 15.3 Å². The maximum absolute atomic E-state index is 11.7. The van der Waals surface area contributed by atoms with Crippen LogP contribution in [0, 0.1) is 0 Å². The van der Waals surface area contributed by atoms with E-state index in [0.29, 0.717) is 11.0 Å². The van der Waals surface area contributed by atoms with Crippen molar-refractivity contribution in [3.63, 3.8) is 0 Å². The molecule has 2 aromatic rings. The van der Waals surface area contributed by atoms with Gasteiger partial charge >= 0.3 is 12.1 Å². The third kappa shape index (κ3) is 3.05. The van der Waals surface area contributed by atoms with E-state index in [4.69, 9.17) is 4.74 Å². The highest BCUT2D eigenvalue weighted by Gasteiger charge is 2.19. The van der Waals surface area contributed by atoms with Gasteiger partial charge in [0.1, 0.15) is 5.60 Å². The molecule has 3 N–H and O–H groups in total. The number of rotatable bonds is 2. The van der Waals surface area contributed by atoms with Crippen LogP contribution in [0.15, 0.2) is 18.5 Å². The SMILES string of the molecule is CC(C)(C)OC(=O)Nc1cc2nc[nH]c2cc1C(=O)O. The van der Waals surface area contributed by atoms with Gasteiger partial charge in [-0.1, -0.05) is 0 Å². The molecule has 1 amide bonds. The number of nitrogens with zero attached hydrogens (tertiary/aromatic N) is 1. The summed E-state index contributed by atoms with van der Waals surface area (Å²) in [5.41, 5.74) is 0.585. The lowest BCUT2D eigenvalue weighted by Crippen LogP contribution is -2.27. The lowest BCUT2D eigenvalue weighted by molar-refractivity contribution is 0.0636. The summed E-state index contributed by atoms with van der Waals surface area (Å²) in [6.07, 6.45) is 0.739. The van der Waals surface area contributed by atoms with Crippen molar-refractivity contribution in [2.24, 2.45) is 0 Å². The number of aromatic nitrogens is 2. The lowest BCUT2D eigenvalue weighted by Gasteiger charge is -2.20. The minimum absolute atomic E-state index is 0.0346. The normalized spacial score (nSPS) is 11.3. The third-order valence-corrected chi connectivity index (χ3v) is 2.43. The number of fused-ring (bicyclic) bond motifs is 1. The number of nitrogens with one attached hydrogen (secondary N) is 2. The Morgan fingerprint density at radius 2 is 2.05 bits per heavy atom. The number of ether oxygens (including phenoxy) is 1. The third-order valence-electron chi connectivity index (χ3n) is 2.43. The molecule has 1 heterocycles. The Hall–Kier alpha value is -2.57. The van der Waals surface area contributed by atoms with E-state index >= 15 is 0 Å². The van der Waals surface area contributed by atoms with E-state index in [1.54, 1.807) is 20.8 Å². The number of carbonyl (C=O) groups is 2. The predicted octanol–water partition coefficient (Wildman–Crippen LogP) is 2.61. The molecular formula is C13H15N3O4. The molecule has 0 fully saturated rings. The quantitative estimate of drug-likeness (QED) is 0.782. The Kier molecular flexibility index (Phi) is 3.35. The Balaban J connectivity index is 2.34. The maximum atomic E-state index is 11.7. The number of anilines is 1. The van der Waals surface area contributed by atoms with Crippen LogP contribution in [-0.2, 0) is 4.74 Å². The fourth-order valence-electron chi connectivity index (χ4n) is 1.68. The first-order valence-corrected chi connectivity index (χ1v) is 5.97. The van der Waals surface area contributed by atoms with Gasteiger partial charge in [-0.3, -0.25) is 5.32 Å². The predicted molar refractivity (Wildman–Crippen MR) is 72.9 cm³/mol. The average molecular weight is 277 g/mol. The second kappa shape index (κ2) is 4.84. The maximum Gasteiger partial charge on any atom is 0.412 e. The van der Waals surface area contributed by atoms with Crippen molar-refractivity contribution in [1.82, 2.24) is 9.97 Å². The van der Waals surface area contributed by atoms with Gasteiger partial charge in [0.2, 0.25) is 0 Å². The van der Waals surface area contributed by atoms with E-state index in [1.165, 1.54) is 18.5 Å². The van der Waals surface area contributed by atoms with E-state index in [-0.39, 0.29) is 11.3 Å². The molecule has 0 unspecified atom stereocenters. The van der Waals surface area contributed by atoms with Crippen molar-refractivity contribution in [3.05, 3.63) is 24.0 Å². The molecule has 0 aliphatic heterocycles. The molecule has 20 heavy (non-hydrogen) atoms. The number of carboxylic acids is 1. The largest absolute Gasteiger partial charge is 0.478 e. The van der Waals surface area contributed by atoms with E-state index in [9.17, 15) is 14.7 Å². The van der Waals surface area contributed by atoms with E-state index < -0.39 is 17.7 Å². The fourth-order valence-corrected chi connectivity index (χ4v) is 1.68. The van der Waals surface area contributed by atoms with Crippen LogP contribution in [-0.4, -0.2) is 32.7 Å². The standard InChI is InChI=1S/C13H15N3O4/c1-13(2,3)20-12(19)16-8-5-10-9(14-6-15-10)4-7(8)11(17)18/h4-6H,1-3H3,(H,14,15)(H,16,19)(H,17,18). The van der Waals surface area contributed by atoms with Crippen LogP contribution in [0.25, 0.3) is 11.0 Å². The molecule has 0 radical (unpaired) electrons. The zero-order valence-corrected chi connectivity index (χ0v) is 11.4. The van der Waals surface area contributed by atoms with Crippen LogP contribution in [0.4, 0.5) is 10.5 Å². The molecule has 7 heteroatoms. The number of H-pyrrole nitrogens is 1. The average Bonchev–Trinajstić information content (AvgIpc) is 2.71. The molecule has 7 nitrogen and oxygen atoms in total. The molecule has 0 spiro atoms. The van der Waals surface area contributed by atoms with Gasteiger partial charge in [0.15, 0.2) is 0 Å². The number of carboxylic acid groups (broad SMARTS) is 1. The van der Waals surface area contributed by atoms with Crippen LogP contribution < -0.4 is 5.32 Å². The molecule has 0 aliphatic carbocycles. The molecule has 0 saturated carbocycles. The van der Waals surface area contributed by atoms with Gasteiger partial charge < -0.3 is 14.8 Å². The highest BCUT2D eigenvalue weighted by atomic mass is 16.6. The number of aromatic carboxylic acids is 1. The van der Waals surface area contributed by atoms with Gasteiger partial charge in [0.25, 0.3) is 0 Å². The second-order valence-electron chi connectivity index (χ2n) is 5.25. The zero-order chi connectivity index (χ0) is 14.9. The number of amides is 1. The van der Waals surface area contributed by atoms with Gasteiger partial charge in [-0.2, -0.15) is 0 Å². The summed E-state index contributed by atoms with van der Waals surface area (Å²) < 4.78 is 5.10. The molecule has 106 valence electrons. The first-order chi connectivity index (χ1) is 9.26. The summed E-state index contributed by atoms with van der Waals surface area (Å²) in [4.78, 5) is 29.8. The number of carbonyl (C=O) groups excluding carboxylic acids is 1. The van der Waals surface area contributed by atoms with E-state index in [0.717, 1.165) is 0 Å². The summed E-state index contributed by atoms with van der Waals surface area (Å²) in [7, 11) is 0. The second-order valence-corrected chi connectivity index (χ2v) is 5.25. The topological polar surface area (TPSA) is 104 Å². The van der Waals surface area contributed by atoms with Crippen LogP contribution in [0.5, 0.6) is 0 Å². The van der Waals surface area contributed by atoms with Gasteiger partial charge in [-0.15, -0.1) is 0 Å². The first kappa shape index (κ1) is 13.9. The van der Waals surface area contributed by atoms with Crippen LogP contribution in [0.2, 0.25) is 0 Å². The number of benzene rings is 1. The smallest absolute Gasteiger partial charge is 0.412 e. The minimum atomic E-state index is -1.15. The van der Waals surface area contributed by atoms with Crippen LogP contribution in [0.3, 0.4) is 0 Å². The minimum Gasteiger partial charge on any atom is -0.478 e. The van der Waals surface area contributed by atoms with Crippen LogP contribution in [0.1, 0.15) is 31.1 Å². The molecule has 2 rings (SSSR count). The Labute approximate surface area is 115 Å². The molecular weight excluding hydrogens is 262 g/mol. The molecule has 0 aliphatic rings.